The van der Waals surface area contributed by atoms with E-state index in [4.69, 9.17) is 9.47 Å². The molecular weight excluding hydrogens is 356 g/mol. The number of aryl methyl sites for hydroxylation is 1. The van der Waals surface area contributed by atoms with Crippen molar-refractivity contribution in [1.29, 1.82) is 0 Å². The number of aromatic nitrogens is 2. The van der Waals surface area contributed by atoms with Gasteiger partial charge in [-0.1, -0.05) is 6.07 Å². The first-order chi connectivity index (χ1) is 13.6. The van der Waals surface area contributed by atoms with Gasteiger partial charge in [0.15, 0.2) is 11.5 Å². The molecule has 1 aromatic heterocycles. The summed E-state index contributed by atoms with van der Waals surface area (Å²) in [5.74, 6) is 1.36. The zero-order chi connectivity index (χ0) is 19.8. The van der Waals surface area contributed by atoms with Crippen molar-refractivity contribution in [3.05, 3.63) is 41.7 Å². The number of hydrogen-bond acceptors (Lipinski definition) is 6. The van der Waals surface area contributed by atoms with Crippen LogP contribution in [0.3, 0.4) is 0 Å². The van der Waals surface area contributed by atoms with Gasteiger partial charge in [0.2, 0.25) is 0 Å². The Bertz CT molecular complexity index is 728. The second-order valence-corrected chi connectivity index (χ2v) is 7.41. The van der Waals surface area contributed by atoms with Gasteiger partial charge < -0.3 is 24.8 Å². The monoisotopic (exact) mass is 388 g/mol. The summed E-state index contributed by atoms with van der Waals surface area (Å²) in [6.45, 7) is 4.70. The van der Waals surface area contributed by atoms with Crippen molar-refractivity contribution in [2.45, 2.75) is 31.9 Å². The van der Waals surface area contributed by atoms with Gasteiger partial charge in [-0.05, 0) is 62.2 Å². The first-order valence-electron chi connectivity index (χ1n) is 10.0. The molecule has 1 atom stereocenters. The first kappa shape index (κ1) is 20.6. The van der Waals surface area contributed by atoms with E-state index in [0.717, 1.165) is 38.2 Å². The van der Waals surface area contributed by atoms with Crippen molar-refractivity contribution in [1.82, 2.24) is 20.0 Å². The Labute approximate surface area is 167 Å². The summed E-state index contributed by atoms with van der Waals surface area (Å²) in [5, 5.41) is 17.9. The topological polar surface area (TPSA) is 71.8 Å². The predicted octanol–water partition coefficient (Wildman–Crippen LogP) is 1.60. The molecule has 2 heterocycles. The number of benzene rings is 1. The molecule has 3 rings (SSSR count). The number of hydrogen-bond donors (Lipinski definition) is 2. The van der Waals surface area contributed by atoms with Crippen molar-refractivity contribution < 1.29 is 14.6 Å². The summed E-state index contributed by atoms with van der Waals surface area (Å²) in [5.41, 5.74) is 2.34. The van der Waals surface area contributed by atoms with Crippen LogP contribution in [0.1, 0.15) is 24.0 Å². The van der Waals surface area contributed by atoms with Crippen molar-refractivity contribution in [3.63, 3.8) is 0 Å². The van der Waals surface area contributed by atoms with Crippen molar-refractivity contribution in [3.8, 4) is 11.5 Å². The van der Waals surface area contributed by atoms with Crippen LogP contribution in [-0.4, -0.2) is 65.8 Å². The highest BCUT2D eigenvalue weighted by molar-refractivity contribution is 5.43. The summed E-state index contributed by atoms with van der Waals surface area (Å²) < 4.78 is 13.1. The molecule has 0 aliphatic carbocycles. The second-order valence-electron chi connectivity index (χ2n) is 7.41. The summed E-state index contributed by atoms with van der Waals surface area (Å²) in [7, 11) is 3.56. The molecule has 7 heteroatoms. The Morgan fingerprint density at radius 3 is 2.75 bits per heavy atom. The molecular formula is C21H32N4O3. The van der Waals surface area contributed by atoms with Crippen LogP contribution in [-0.2, 0) is 20.0 Å². The highest BCUT2D eigenvalue weighted by Crippen LogP contribution is 2.28. The van der Waals surface area contributed by atoms with Crippen molar-refractivity contribution >= 4 is 0 Å². The van der Waals surface area contributed by atoms with E-state index in [0.29, 0.717) is 18.0 Å². The van der Waals surface area contributed by atoms with Gasteiger partial charge >= 0.3 is 0 Å². The molecule has 0 amide bonds. The standard InChI is InChI=1S/C21H32N4O3/c1-24-14-18(13-23-24)7-8-22-12-17-5-6-20(27-2)21(11-17)28-16-19(26)15-25-9-3-4-10-25/h5-6,11,13-14,19,22,26H,3-4,7-10,12,15-16H2,1-2H3/t19-/m0/s1. The van der Waals surface area contributed by atoms with E-state index in [-0.39, 0.29) is 6.61 Å². The van der Waals surface area contributed by atoms with Crippen molar-refractivity contribution in [2.75, 3.05) is 39.9 Å². The van der Waals surface area contributed by atoms with E-state index in [1.165, 1.54) is 18.4 Å². The molecule has 1 fully saturated rings. The molecule has 2 N–H and O–H groups in total. The molecule has 0 saturated carbocycles. The zero-order valence-electron chi connectivity index (χ0n) is 16.9. The third-order valence-electron chi connectivity index (χ3n) is 5.00. The minimum absolute atomic E-state index is 0.269. The van der Waals surface area contributed by atoms with Crippen LogP contribution in [0, 0.1) is 0 Å². The number of ether oxygens (including phenoxy) is 2. The highest BCUT2D eigenvalue weighted by atomic mass is 16.5. The first-order valence-corrected chi connectivity index (χ1v) is 10.0. The molecule has 1 aliphatic heterocycles. The second kappa shape index (κ2) is 10.5. The van der Waals surface area contributed by atoms with Gasteiger partial charge in [-0.25, -0.2) is 0 Å². The molecule has 7 nitrogen and oxygen atoms in total. The van der Waals surface area contributed by atoms with Crippen LogP contribution in [0.5, 0.6) is 11.5 Å². The zero-order valence-corrected chi connectivity index (χ0v) is 16.9. The molecule has 0 bridgehead atoms. The molecule has 28 heavy (non-hydrogen) atoms. The average Bonchev–Trinajstić information content (AvgIpc) is 3.35. The third kappa shape index (κ3) is 6.22. The lowest BCUT2D eigenvalue weighted by Gasteiger charge is -2.20. The van der Waals surface area contributed by atoms with E-state index in [1.807, 2.05) is 42.3 Å². The lowest BCUT2D eigenvalue weighted by atomic mass is 10.2. The van der Waals surface area contributed by atoms with Crippen LogP contribution in [0.4, 0.5) is 0 Å². The highest BCUT2D eigenvalue weighted by Gasteiger charge is 2.17. The number of nitrogens with one attached hydrogen (secondary N) is 1. The molecule has 0 radical (unpaired) electrons. The fourth-order valence-electron chi connectivity index (χ4n) is 3.51. The van der Waals surface area contributed by atoms with E-state index in [1.54, 1.807) is 7.11 Å². The van der Waals surface area contributed by atoms with E-state index >= 15 is 0 Å². The van der Waals surface area contributed by atoms with Gasteiger partial charge in [0, 0.05) is 26.3 Å². The number of aliphatic hydroxyl groups excluding tert-OH is 1. The number of β-amino-alcohol motifs (C(OH)–C–C–N with tert-alkyl or cyclic N) is 1. The van der Waals surface area contributed by atoms with E-state index in [2.05, 4.69) is 15.3 Å². The van der Waals surface area contributed by atoms with Crippen LogP contribution in [0.15, 0.2) is 30.6 Å². The van der Waals surface area contributed by atoms with Crippen LogP contribution < -0.4 is 14.8 Å². The minimum Gasteiger partial charge on any atom is -0.493 e. The van der Waals surface area contributed by atoms with E-state index < -0.39 is 6.10 Å². The smallest absolute Gasteiger partial charge is 0.161 e. The third-order valence-corrected chi connectivity index (χ3v) is 5.00. The fourth-order valence-corrected chi connectivity index (χ4v) is 3.51. The quantitative estimate of drug-likeness (QED) is 0.570. The number of nitrogens with zero attached hydrogens (tertiary/aromatic N) is 3. The van der Waals surface area contributed by atoms with Gasteiger partial charge in [-0.15, -0.1) is 0 Å². The molecule has 2 aromatic rings. The molecule has 154 valence electrons. The lowest BCUT2D eigenvalue weighted by Crippen LogP contribution is -2.33. The SMILES string of the molecule is COc1ccc(CNCCc2cnn(C)c2)cc1OC[C@@H](O)CN1CCCC1. The van der Waals surface area contributed by atoms with Crippen LogP contribution >= 0.6 is 0 Å². The van der Waals surface area contributed by atoms with Crippen molar-refractivity contribution in [2.24, 2.45) is 7.05 Å². The molecule has 0 spiro atoms. The normalized spacial score (nSPS) is 15.7. The Morgan fingerprint density at radius 2 is 2.04 bits per heavy atom. The fraction of sp³-hybridized carbons (Fsp3) is 0.571. The molecule has 0 unspecified atom stereocenters. The Balaban J connectivity index is 1.46. The average molecular weight is 389 g/mol. The largest absolute Gasteiger partial charge is 0.493 e. The van der Waals surface area contributed by atoms with Gasteiger partial charge in [0.05, 0.1) is 13.3 Å². The molecule has 1 aromatic carbocycles. The summed E-state index contributed by atoms with van der Waals surface area (Å²) in [4.78, 5) is 2.29. The number of methoxy groups -OCH3 is 1. The number of likely N-dealkylation sites (tertiary alicyclic amines) is 1. The maximum Gasteiger partial charge on any atom is 0.161 e. The van der Waals surface area contributed by atoms with Gasteiger partial charge in [-0.3, -0.25) is 4.68 Å². The van der Waals surface area contributed by atoms with Gasteiger partial charge in [-0.2, -0.15) is 5.10 Å². The van der Waals surface area contributed by atoms with Gasteiger partial charge in [0.1, 0.15) is 12.7 Å². The summed E-state index contributed by atoms with van der Waals surface area (Å²) >= 11 is 0. The lowest BCUT2D eigenvalue weighted by molar-refractivity contribution is 0.0746. The van der Waals surface area contributed by atoms with Crippen LogP contribution in [0.25, 0.3) is 0 Å². The van der Waals surface area contributed by atoms with Gasteiger partial charge in [0.25, 0.3) is 0 Å². The molecule has 1 saturated heterocycles. The summed E-state index contributed by atoms with van der Waals surface area (Å²) in [6.07, 6.45) is 6.82. The Morgan fingerprint density at radius 1 is 1.21 bits per heavy atom. The van der Waals surface area contributed by atoms with E-state index in [9.17, 15) is 5.11 Å². The predicted molar refractivity (Wildman–Crippen MR) is 109 cm³/mol. The number of rotatable bonds is 11. The van der Waals surface area contributed by atoms with Crippen LogP contribution in [0.2, 0.25) is 0 Å². The minimum atomic E-state index is -0.496. The molecule has 1 aliphatic rings. The Hall–Kier alpha value is -2.09. The Kier molecular flexibility index (Phi) is 7.71. The summed E-state index contributed by atoms with van der Waals surface area (Å²) in [6, 6.07) is 5.93. The number of aliphatic hydroxyl groups is 1. The maximum absolute atomic E-state index is 10.3. The maximum atomic E-state index is 10.3.